The van der Waals surface area contributed by atoms with Crippen molar-refractivity contribution in [3.8, 4) is 0 Å². The van der Waals surface area contributed by atoms with Gasteiger partial charge >= 0.3 is 0 Å². The van der Waals surface area contributed by atoms with Crippen LogP contribution in [0.5, 0.6) is 0 Å². The minimum absolute atomic E-state index is 0.0784. The molecule has 1 N–H and O–H groups in total. The molecule has 0 saturated heterocycles. The first-order chi connectivity index (χ1) is 18.0. The number of nitrogens with zero attached hydrogens (tertiary/aromatic N) is 2. The summed E-state index contributed by atoms with van der Waals surface area (Å²) in [6.45, 7) is 7.64. The van der Waals surface area contributed by atoms with Crippen LogP contribution >= 0.6 is 15.9 Å². The summed E-state index contributed by atoms with van der Waals surface area (Å²) in [7, 11) is -4.09. The number of carbonyl (C=O) groups excluding carboxylic acids is 2. The van der Waals surface area contributed by atoms with Crippen molar-refractivity contribution in [3.63, 3.8) is 0 Å². The molecule has 0 spiro atoms. The molecule has 0 heterocycles. The molecule has 3 aromatic carbocycles. The van der Waals surface area contributed by atoms with Crippen LogP contribution in [0, 0.1) is 13.8 Å². The summed E-state index contributed by atoms with van der Waals surface area (Å²) in [5.74, 6) is -0.775. The van der Waals surface area contributed by atoms with Crippen molar-refractivity contribution in [1.82, 2.24) is 10.2 Å². The molecule has 0 fully saturated rings. The van der Waals surface area contributed by atoms with E-state index in [1.165, 1.54) is 17.0 Å². The quantitative estimate of drug-likeness (QED) is 0.328. The Morgan fingerprint density at radius 2 is 1.55 bits per heavy atom. The van der Waals surface area contributed by atoms with E-state index in [1.54, 1.807) is 43.3 Å². The minimum atomic E-state index is -4.09. The van der Waals surface area contributed by atoms with Crippen LogP contribution in [0.3, 0.4) is 0 Å². The maximum absolute atomic E-state index is 13.9. The highest BCUT2D eigenvalue weighted by molar-refractivity contribution is 9.10. The second-order valence-electron chi connectivity index (χ2n) is 9.28. The van der Waals surface area contributed by atoms with E-state index in [2.05, 4.69) is 21.2 Å². The second-order valence-corrected chi connectivity index (χ2v) is 12.1. The van der Waals surface area contributed by atoms with Crippen molar-refractivity contribution in [2.45, 2.75) is 51.6 Å². The van der Waals surface area contributed by atoms with E-state index >= 15 is 0 Å². The van der Waals surface area contributed by atoms with Gasteiger partial charge in [0.25, 0.3) is 10.0 Å². The fraction of sp³-hybridized carbons (Fsp3) is 0.310. The Hall–Kier alpha value is -3.17. The molecule has 9 heteroatoms. The van der Waals surface area contributed by atoms with Crippen LogP contribution in [-0.4, -0.2) is 44.3 Å². The number of amides is 2. The third-order valence-electron chi connectivity index (χ3n) is 6.17. The predicted octanol–water partition coefficient (Wildman–Crippen LogP) is 5.20. The highest BCUT2D eigenvalue weighted by Gasteiger charge is 2.32. The van der Waals surface area contributed by atoms with Crippen molar-refractivity contribution in [2.75, 3.05) is 17.4 Å². The minimum Gasteiger partial charge on any atom is -0.354 e. The van der Waals surface area contributed by atoms with Crippen molar-refractivity contribution >= 4 is 43.5 Å². The number of halogens is 1. The topological polar surface area (TPSA) is 86.8 Å². The van der Waals surface area contributed by atoms with Gasteiger partial charge in [-0.1, -0.05) is 76.4 Å². The average molecular weight is 601 g/mol. The maximum atomic E-state index is 13.9. The van der Waals surface area contributed by atoms with Gasteiger partial charge < -0.3 is 10.2 Å². The van der Waals surface area contributed by atoms with Crippen molar-refractivity contribution in [2.24, 2.45) is 0 Å². The number of sulfonamides is 1. The molecule has 0 saturated carbocycles. The van der Waals surface area contributed by atoms with Crippen LogP contribution in [-0.2, 0) is 26.2 Å². The summed E-state index contributed by atoms with van der Waals surface area (Å²) in [5.41, 5.74) is 3.18. The highest BCUT2D eigenvalue weighted by Crippen LogP contribution is 2.27. The number of nitrogens with one attached hydrogen (secondary N) is 1. The zero-order valence-electron chi connectivity index (χ0n) is 22.1. The lowest BCUT2D eigenvalue weighted by Gasteiger charge is -2.32. The maximum Gasteiger partial charge on any atom is 0.264 e. The van der Waals surface area contributed by atoms with E-state index in [9.17, 15) is 18.0 Å². The van der Waals surface area contributed by atoms with Crippen LogP contribution in [0.15, 0.2) is 82.2 Å². The smallest absolute Gasteiger partial charge is 0.264 e. The molecule has 38 heavy (non-hydrogen) atoms. The lowest BCUT2D eigenvalue weighted by Crippen LogP contribution is -2.51. The van der Waals surface area contributed by atoms with Crippen LogP contribution in [0.2, 0.25) is 0 Å². The fourth-order valence-corrected chi connectivity index (χ4v) is 5.66. The Kier molecular flexibility index (Phi) is 10.1. The molecule has 2 amide bonds. The Balaban J connectivity index is 2.01. The molecule has 0 aliphatic heterocycles. The largest absolute Gasteiger partial charge is 0.354 e. The normalized spacial score (nSPS) is 12.0. The zero-order chi connectivity index (χ0) is 27.9. The lowest BCUT2D eigenvalue weighted by atomic mass is 10.1. The average Bonchev–Trinajstić information content (AvgIpc) is 2.89. The number of anilines is 1. The number of benzene rings is 3. The number of hydrogen-bond donors (Lipinski definition) is 1. The molecule has 0 aromatic heterocycles. The molecule has 7 nitrogen and oxygen atoms in total. The molecular formula is C29H34BrN3O4S. The molecule has 3 rings (SSSR count). The summed E-state index contributed by atoms with van der Waals surface area (Å²) in [4.78, 5) is 28.3. The van der Waals surface area contributed by atoms with Crippen LogP contribution in [0.4, 0.5) is 5.69 Å². The predicted molar refractivity (Wildman–Crippen MR) is 154 cm³/mol. The molecule has 0 bridgehead atoms. The zero-order valence-corrected chi connectivity index (χ0v) is 24.6. The Labute approximate surface area is 234 Å². The number of carbonyl (C=O) groups is 2. The van der Waals surface area contributed by atoms with Crippen LogP contribution in [0.25, 0.3) is 0 Å². The molecule has 0 unspecified atom stereocenters. The van der Waals surface area contributed by atoms with Crippen LogP contribution in [0.1, 0.15) is 37.0 Å². The van der Waals surface area contributed by atoms with Crippen molar-refractivity contribution in [3.05, 3.63) is 94.0 Å². The van der Waals surface area contributed by atoms with E-state index in [1.807, 2.05) is 45.0 Å². The Morgan fingerprint density at radius 3 is 2.13 bits per heavy atom. The molecule has 1 atom stereocenters. The highest BCUT2D eigenvalue weighted by atomic mass is 79.9. The van der Waals surface area contributed by atoms with E-state index in [0.717, 1.165) is 27.4 Å². The van der Waals surface area contributed by atoms with E-state index in [4.69, 9.17) is 0 Å². The summed E-state index contributed by atoms with van der Waals surface area (Å²) in [6, 6.07) is 20.2. The summed E-state index contributed by atoms with van der Waals surface area (Å²) in [6.07, 6.45) is 0.760. The standard InChI is InChI=1S/C29H34BrN3O4S/c1-5-17-31-29(35)23(4)32(19-24-13-9-21(2)10-14-24)28(34)20-33(26-8-6-7-25(30)18-26)38(36,37)27-15-11-22(3)12-16-27/h6-16,18,23H,5,17,19-20H2,1-4H3,(H,31,35)/t23-/m1/s1. The van der Waals surface area contributed by atoms with Crippen molar-refractivity contribution < 1.29 is 18.0 Å². The molecule has 0 aliphatic rings. The van der Waals surface area contributed by atoms with Crippen LogP contribution < -0.4 is 9.62 Å². The van der Waals surface area contributed by atoms with Gasteiger partial charge in [-0.3, -0.25) is 13.9 Å². The molecule has 0 aliphatic carbocycles. The van der Waals surface area contributed by atoms with Gasteiger partial charge in [0, 0.05) is 17.6 Å². The molecule has 3 aromatic rings. The lowest BCUT2D eigenvalue weighted by molar-refractivity contribution is -0.139. The third kappa shape index (κ3) is 7.45. The number of aryl methyl sites for hydroxylation is 2. The third-order valence-corrected chi connectivity index (χ3v) is 8.46. The monoisotopic (exact) mass is 599 g/mol. The van der Waals surface area contributed by atoms with E-state index in [-0.39, 0.29) is 17.3 Å². The Morgan fingerprint density at radius 1 is 0.947 bits per heavy atom. The van der Waals surface area contributed by atoms with Gasteiger partial charge in [-0.25, -0.2) is 8.42 Å². The van der Waals surface area contributed by atoms with Gasteiger partial charge in [0.15, 0.2) is 0 Å². The SMILES string of the molecule is CCCNC(=O)[C@@H](C)N(Cc1ccc(C)cc1)C(=O)CN(c1cccc(Br)c1)S(=O)(=O)c1ccc(C)cc1. The fourth-order valence-electron chi connectivity index (χ4n) is 3.87. The molecule has 0 radical (unpaired) electrons. The van der Waals surface area contributed by atoms with Crippen molar-refractivity contribution in [1.29, 1.82) is 0 Å². The van der Waals surface area contributed by atoms with Gasteiger partial charge in [0.2, 0.25) is 11.8 Å². The number of rotatable bonds is 11. The molecular weight excluding hydrogens is 566 g/mol. The van der Waals surface area contributed by atoms with Gasteiger partial charge in [-0.05, 0) is 63.1 Å². The van der Waals surface area contributed by atoms with Gasteiger partial charge in [-0.2, -0.15) is 0 Å². The van der Waals surface area contributed by atoms with E-state index in [0.29, 0.717) is 16.7 Å². The second kappa shape index (κ2) is 13.1. The van der Waals surface area contributed by atoms with Gasteiger partial charge in [-0.15, -0.1) is 0 Å². The summed E-state index contributed by atoms with van der Waals surface area (Å²) in [5, 5.41) is 2.85. The van der Waals surface area contributed by atoms with Gasteiger partial charge in [0.05, 0.1) is 10.6 Å². The summed E-state index contributed by atoms with van der Waals surface area (Å²) < 4.78 is 29.4. The molecule has 202 valence electrons. The number of hydrogen-bond acceptors (Lipinski definition) is 4. The first-order valence-corrected chi connectivity index (χ1v) is 14.7. The van der Waals surface area contributed by atoms with Gasteiger partial charge in [0.1, 0.15) is 12.6 Å². The summed E-state index contributed by atoms with van der Waals surface area (Å²) >= 11 is 3.40. The first kappa shape index (κ1) is 29.4. The van der Waals surface area contributed by atoms with E-state index < -0.39 is 28.5 Å². The Bertz CT molecular complexity index is 1360. The first-order valence-electron chi connectivity index (χ1n) is 12.5.